The van der Waals surface area contributed by atoms with Crippen LogP contribution in [0.4, 0.5) is 21.7 Å². The van der Waals surface area contributed by atoms with Crippen molar-refractivity contribution in [1.29, 1.82) is 0 Å². The fourth-order valence-electron chi connectivity index (χ4n) is 2.91. The molecule has 3 rings (SSSR count). The van der Waals surface area contributed by atoms with Crippen LogP contribution in [0.15, 0.2) is 36.7 Å². The van der Waals surface area contributed by atoms with Crippen LogP contribution in [-0.4, -0.2) is 68.2 Å². The number of aromatic nitrogens is 2. The molecule has 1 aromatic heterocycles. The van der Waals surface area contributed by atoms with E-state index in [9.17, 15) is 4.39 Å². The van der Waals surface area contributed by atoms with Gasteiger partial charge in [-0.3, -0.25) is 0 Å². The van der Waals surface area contributed by atoms with Crippen molar-refractivity contribution >= 4 is 17.3 Å². The van der Waals surface area contributed by atoms with Crippen LogP contribution in [0, 0.1) is 5.82 Å². The standard InChI is InChI=1S/C18H25FN6/c1-23(2)8-7-20-17-13-18(22-14-21-17)25-11-9-24(10-12-25)16-6-4-3-5-15(16)19/h3-6,13-14H,7-12H2,1-2H3,(H,20,21,22). The van der Waals surface area contributed by atoms with Crippen LogP contribution in [0.3, 0.4) is 0 Å². The van der Waals surface area contributed by atoms with Crippen LogP contribution in [-0.2, 0) is 0 Å². The number of nitrogens with zero attached hydrogens (tertiary/aromatic N) is 5. The molecule has 0 bridgehead atoms. The lowest BCUT2D eigenvalue weighted by Crippen LogP contribution is -2.47. The SMILES string of the molecule is CN(C)CCNc1cc(N2CCN(c3ccccc3F)CC2)ncn1. The Hall–Kier alpha value is -2.41. The van der Waals surface area contributed by atoms with Crippen molar-refractivity contribution in [2.24, 2.45) is 0 Å². The van der Waals surface area contributed by atoms with Crippen LogP contribution in [0.1, 0.15) is 0 Å². The quantitative estimate of drug-likeness (QED) is 0.864. The van der Waals surface area contributed by atoms with Crippen molar-refractivity contribution in [2.45, 2.75) is 0 Å². The lowest BCUT2D eigenvalue weighted by atomic mass is 10.2. The van der Waals surface area contributed by atoms with Gasteiger partial charge < -0.3 is 20.0 Å². The first-order chi connectivity index (χ1) is 12.1. The Morgan fingerprint density at radius 3 is 2.52 bits per heavy atom. The first-order valence-corrected chi connectivity index (χ1v) is 8.58. The maximum absolute atomic E-state index is 13.9. The predicted octanol–water partition coefficient (Wildman–Crippen LogP) is 1.92. The topological polar surface area (TPSA) is 47.5 Å². The van der Waals surface area contributed by atoms with Crippen LogP contribution < -0.4 is 15.1 Å². The molecule has 0 atom stereocenters. The molecule has 0 unspecified atom stereocenters. The summed E-state index contributed by atoms with van der Waals surface area (Å²) < 4.78 is 13.9. The molecule has 1 aliphatic heterocycles. The van der Waals surface area contributed by atoms with E-state index in [1.165, 1.54) is 6.07 Å². The third-order valence-corrected chi connectivity index (χ3v) is 4.31. The molecule has 1 saturated heterocycles. The molecule has 0 aliphatic carbocycles. The van der Waals surface area contributed by atoms with E-state index in [0.29, 0.717) is 5.69 Å². The fourth-order valence-corrected chi connectivity index (χ4v) is 2.91. The number of piperazine rings is 1. The zero-order valence-electron chi connectivity index (χ0n) is 14.8. The molecule has 0 radical (unpaired) electrons. The summed E-state index contributed by atoms with van der Waals surface area (Å²) in [5.41, 5.74) is 0.677. The Kier molecular flexibility index (Phi) is 5.65. The van der Waals surface area contributed by atoms with Gasteiger partial charge in [0.1, 0.15) is 23.8 Å². The Balaban J connectivity index is 1.58. The number of nitrogens with one attached hydrogen (secondary N) is 1. The molecule has 0 spiro atoms. The van der Waals surface area contributed by atoms with E-state index in [1.807, 2.05) is 32.3 Å². The minimum atomic E-state index is -0.162. The van der Waals surface area contributed by atoms with Crippen molar-refractivity contribution in [1.82, 2.24) is 14.9 Å². The second-order valence-corrected chi connectivity index (χ2v) is 6.42. The number of hydrogen-bond acceptors (Lipinski definition) is 6. The van der Waals surface area contributed by atoms with Crippen molar-refractivity contribution in [3.63, 3.8) is 0 Å². The maximum Gasteiger partial charge on any atom is 0.146 e. The molecule has 2 heterocycles. The highest BCUT2D eigenvalue weighted by Crippen LogP contribution is 2.22. The van der Waals surface area contributed by atoms with E-state index in [0.717, 1.165) is 50.9 Å². The van der Waals surface area contributed by atoms with Crippen molar-refractivity contribution < 1.29 is 4.39 Å². The highest BCUT2D eigenvalue weighted by molar-refractivity contribution is 5.52. The predicted molar refractivity (Wildman–Crippen MR) is 99.9 cm³/mol. The lowest BCUT2D eigenvalue weighted by Gasteiger charge is -2.36. The zero-order valence-corrected chi connectivity index (χ0v) is 14.8. The average Bonchev–Trinajstić information content (AvgIpc) is 2.62. The van der Waals surface area contributed by atoms with E-state index in [-0.39, 0.29) is 5.82 Å². The molecule has 7 heteroatoms. The smallest absolute Gasteiger partial charge is 0.146 e. The van der Waals surface area contributed by atoms with Gasteiger partial charge in [-0.1, -0.05) is 12.1 Å². The van der Waals surface area contributed by atoms with Crippen LogP contribution in [0.2, 0.25) is 0 Å². The molecule has 1 aromatic carbocycles. The van der Waals surface area contributed by atoms with E-state index < -0.39 is 0 Å². The van der Waals surface area contributed by atoms with Crippen molar-refractivity contribution in [3.8, 4) is 0 Å². The highest BCUT2D eigenvalue weighted by atomic mass is 19.1. The highest BCUT2D eigenvalue weighted by Gasteiger charge is 2.20. The Labute approximate surface area is 148 Å². The molecule has 1 N–H and O–H groups in total. The molecule has 0 amide bonds. The fraction of sp³-hybridized carbons (Fsp3) is 0.444. The Morgan fingerprint density at radius 1 is 1.08 bits per heavy atom. The van der Waals surface area contributed by atoms with Gasteiger partial charge in [0, 0.05) is 45.3 Å². The monoisotopic (exact) mass is 344 g/mol. The first kappa shape index (κ1) is 17.4. The Morgan fingerprint density at radius 2 is 1.80 bits per heavy atom. The van der Waals surface area contributed by atoms with E-state index in [4.69, 9.17) is 0 Å². The summed E-state index contributed by atoms with van der Waals surface area (Å²) in [6.45, 7) is 4.94. The van der Waals surface area contributed by atoms with Crippen LogP contribution >= 0.6 is 0 Å². The van der Waals surface area contributed by atoms with Gasteiger partial charge in [-0.2, -0.15) is 0 Å². The van der Waals surface area contributed by atoms with Gasteiger partial charge in [-0.15, -0.1) is 0 Å². The van der Waals surface area contributed by atoms with E-state index in [1.54, 1.807) is 12.4 Å². The summed E-state index contributed by atoms with van der Waals surface area (Å²) >= 11 is 0. The van der Waals surface area contributed by atoms with Gasteiger partial charge >= 0.3 is 0 Å². The molecule has 1 aliphatic rings. The van der Waals surface area contributed by atoms with Gasteiger partial charge in [0.15, 0.2) is 0 Å². The second-order valence-electron chi connectivity index (χ2n) is 6.42. The number of likely N-dealkylation sites (N-methyl/N-ethyl adjacent to an activating group) is 1. The average molecular weight is 344 g/mol. The zero-order chi connectivity index (χ0) is 17.6. The summed E-state index contributed by atoms with van der Waals surface area (Å²) in [5, 5.41) is 3.32. The molecule has 2 aromatic rings. The third-order valence-electron chi connectivity index (χ3n) is 4.31. The van der Waals surface area contributed by atoms with Gasteiger partial charge in [0.25, 0.3) is 0 Å². The minimum Gasteiger partial charge on any atom is -0.369 e. The lowest BCUT2D eigenvalue weighted by molar-refractivity contribution is 0.425. The summed E-state index contributed by atoms with van der Waals surface area (Å²) in [6.07, 6.45) is 1.59. The number of para-hydroxylation sites is 1. The van der Waals surface area contributed by atoms with E-state index in [2.05, 4.69) is 30.0 Å². The number of anilines is 3. The molecule has 1 fully saturated rings. The van der Waals surface area contributed by atoms with Gasteiger partial charge in [-0.25, -0.2) is 14.4 Å². The minimum absolute atomic E-state index is 0.162. The summed E-state index contributed by atoms with van der Waals surface area (Å²) in [4.78, 5) is 15.1. The van der Waals surface area contributed by atoms with E-state index >= 15 is 0 Å². The number of halogens is 1. The number of rotatable bonds is 6. The van der Waals surface area contributed by atoms with Crippen molar-refractivity contribution in [2.75, 3.05) is 68.5 Å². The summed E-state index contributed by atoms with van der Waals surface area (Å²) in [5.74, 6) is 1.59. The van der Waals surface area contributed by atoms with Gasteiger partial charge in [0.2, 0.25) is 0 Å². The third kappa shape index (κ3) is 4.57. The molecule has 134 valence electrons. The Bertz CT molecular complexity index is 685. The summed E-state index contributed by atoms with van der Waals surface area (Å²) in [6, 6.07) is 8.93. The van der Waals surface area contributed by atoms with Crippen LogP contribution in [0.25, 0.3) is 0 Å². The van der Waals surface area contributed by atoms with Crippen LogP contribution in [0.5, 0.6) is 0 Å². The maximum atomic E-state index is 13.9. The van der Waals surface area contributed by atoms with Crippen molar-refractivity contribution in [3.05, 3.63) is 42.5 Å². The first-order valence-electron chi connectivity index (χ1n) is 8.58. The molecule has 0 saturated carbocycles. The second kappa shape index (κ2) is 8.11. The molecule has 25 heavy (non-hydrogen) atoms. The number of hydrogen-bond donors (Lipinski definition) is 1. The number of benzene rings is 1. The van der Waals surface area contributed by atoms with Gasteiger partial charge in [0.05, 0.1) is 5.69 Å². The molecular weight excluding hydrogens is 319 g/mol. The molecule has 6 nitrogen and oxygen atoms in total. The molecular formula is C18H25FN6. The van der Waals surface area contributed by atoms with Gasteiger partial charge in [-0.05, 0) is 26.2 Å². The largest absolute Gasteiger partial charge is 0.369 e. The normalized spacial score (nSPS) is 14.9. The summed E-state index contributed by atoms with van der Waals surface area (Å²) in [7, 11) is 4.09.